The van der Waals surface area contributed by atoms with E-state index >= 15 is 0 Å². The molecule has 1 heterocycles. The van der Waals surface area contributed by atoms with E-state index in [1.165, 1.54) is 0 Å². The van der Waals surface area contributed by atoms with Crippen LogP contribution in [0.2, 0.25) is 0 Å². The van der Waals surface area contributed by atoms with Gasteiger partial charge in [-0.1, -0.05) is 0 Å². The number of aromatic amines is 1. The van der Waals surface area contributed by atoms with Crippen molar-refractivity contribution in [3.8, 4) is 6.07 Å². The Bertz CT molecular complexity index is 287. The molecule has 0 atom stereocenters. The minimum atomic E-state index is 0.529. The predicted octanol–water partition coefficient (Wildman–Crippen LogP) is 0.752. The van der Waals surface area contributed by atoms with Gasteiger partial charge in [-0.3, -0.25) is 0 Å². The van der Waals surface area contributed by atoms with E-state index in [1.54, 1.807) is 0 Å². The summed E-state index contributed by atoms with van der Waals surface area (Å²) in [5, 5.41) is 8.43. The molecule has 0 aliphatic rings. The average Bonchev–Trinajstić information content (AvgIpc) is 2.59. The van der Waals surface area contributed by atoms with Crippen LogP contribution in [0.3, 0.4) is 0 Å². The number of nitrogens with one attached hydrogen (secondary N) is 1. The van der Waals surface area contributed by atoms with Crippen molar-refractivity contribution in [3.63, 3.8) is 0 Å². The molecule has 1 aromatic rings. The molecule has 1 aromatic heterocycles. The fraction of sp³-hybridized carbons (Fsp3) is 0.556. The Labute approximate surface area is 77.8 Å². The Kier molecular flexibility index (Phi) is 4.00. The maximum absolute atomic E-state index is 8.43. The van der Waals surface area contributed by atoms with E-state index < -0.39 is 0 Å². The number of H-pyrrole nitrogens is 1. The average molecular weight is 180 g/mol. The quantitative estimate of drug-likeness (QED) is 0.680. The Morgan fingerprint density at radius 3 is 3.23 bits per heavy atom. The molecule has 0 amide bonds. The van der Waals surface area contributed by atoms with Gasteiger partial charge in [0.25, 0.3) is 5.82 Å². The summed E-state index contributed by atoms with van der Waals surface area (Å²) in [5.41, 5.74) is 0. The summed E-state index contributed by atoms with van der Waals surface area (Å²) in [6, 6.07) is 2.11. The Morgan fingerprint density at radius 1 is 1.69 bits per heavy atom. The zero-order chi connectivity index (χ0) is 9.52. The summed E-state index contributed by atoms with van der Waals surface area (Å²) in [4.78, 5) is 3.08. The van der Waals surface area contributed by atoms with Crippen LogP contribution in [-0.2, 0) is 17.9 Å². The molecule has 0 bridgehead atoms. The van der Waals surface area contributed by atoms with Gasteiger partial charge in [-0.2, -0.15) is 5.26 Å². The van der Waals surface area contributed by atoms with Crippen LogP contribution in [0.1, 0.15) is 19.2 Å². The lowest BCUT2D eigenvalue weighted by atomic mass is 10.4. The normalized spacial score (nSPS) is 9.85. The number of rotatable bonds is 5. The topological polar surface area (TPSA) is 52.7 Å². The summed E-state index contributed by atoms with van der Waals surface area (Å²) < 4.78 is 7.26. The van der Waals surface area contributed by atoms with Crippen molar-refractivity contribution < 1.29 is 9.30 Å². The lowest BCUT2D eigenvalue weighted by Gasteiger charge is -1.97. The van der Waals surface area contributed by atoms with Crippen LogP contribution in [0, 0.1) is 11.3 Å². The summed E-state index contributed by atoms with van der Waals surface area (Å²) in [6.07, 6.45) is 4.30. The van der Waals surface area contributed by atoms with Crippen molar-refractivity contribution in [2.45, 2.75) is 26.5 Å². The molecule has 0 aliphatic heterocycles. The summed E-state index contributed by atoms with van der Waals surface area (Å²) in [5.74, 6) is 1.01. The number of aromatic nitrogens is 2. The molecule has 1 N–H and O–H groups in total. The second kappa shape index (κ2) is 5.33. The zero-order valence-corrected chi connectivity index (χ0v) is 7.79. The zero-order valence-electron chi connectivity index (χ0n) is 7.79. The first-order valence-corrected chi connectivity index (χ1v) is 4.39. The second-order valence-electron chi connectivity index (χ2n) is 2.65. The highest BCUT2D eigenvalue weighted by Crippen LogP contribution is 1.91. The summed E-state index contributed by atoms with van der Waals surface area (Å²) in [6.45, 7) is 3.97. The number of nitrogens with zero attached hydrogens (tertiary/aromatic N) is 2. The van der Waals surface area contributed by atoms with E-state index in [1.807, 2.05) is 23.9 Å². The van der Waals surface area contributed by atoms with Crippen LogP contribution in [-0.4, -0.2) is 11.6 Å². The number of aryl methyl sites for hydroxylation is 1. The Morgan fingerprint density at radius 2 is 2.54 bits per heavy atom. The third kappa shape index (κ3) is 2.88. The molecule has 0 saturated heterocycles. The number of hydrogen-bond donors (Lipinski definition) is 1. The monoisotopic (exact) mass is 180 g/mol. The first-order chi connectivity index (χ1) is 6.38. The first-order valence-electron chi connectivity index (χ1n) is 4.39. The third-order valence-corrected chi connectivity index (χ3v) is 1.76. The lowest BCUT2D eigenvalue weighted by Crippen LogP contribution is -2.36. The van der Waals surface area contributed by atoms with Crippen molar-refractivity contribution >= 4 is 0 Å². The van der Waals surface area contributed by atoms with E-state index in [9.17, 15) is 0 Å². The number of imidazole rings is 1. The summed E-state index contributed by atoms with van der Waals surface area (Å²) >= 11 is 0. The standard InChI is InChI=1S/C9H13N3O/c1-2-13-8-9-11-5-7-12(9)6-3-4-10/h5,7H,2-3,6,8H2,1H3/p+1. The maximum Gasteiger partial charge on any atom is 0.280 e. The van der Waals surface area contributed by atoms with Gasteiger partial charge in [0, 0.05) is 6.61 Å². The predicted molar refractivity (Wildman–Crippen MR) is 46.5 cm³/mol. The minimum absolute atomic E-state index is 0.529. The van der Waals surface area contributed by atoms with Gasteiger partial charge >= 0.3 is 0 Å². The fourth-order valence-corrected chi connectivity index (χ4v) is 1.10. The minimum Gasteiger partial charge on any atom is -0.369 e. The SMILES string of the molecule is CCOCc1[nH]cc[n+]1CCC#N. The second-order valence-corrected chi connectivity index (χ2v) is 2.65. The molecule has 1 rings (SSSR count). The van der Waals surface area contributed by atoms with Crippen LogP contribution in [0.4, 0.5) is 0 Å². The lowest BCUT2D eigenvalue weighted by molar-refractivity contribution is -0.703. The van der Waals surface area contributed by atoms with Gasteiger partial charge in [-0.05, 0) is 6.92 Å². The Balaban J connectivity index is 2.51. The smallest absolute Gasteiger partial charge is 0.280 e. The molecular formula is C9H14N3O+. The molecule has 4 nitrogen and oxygen atoms in total. The van der Waals surface area contributed by atoms with Crippen LogP contribution < -0.4 is 4.57 Å². The molecule has 4 heteroatoms. The van der Waals surface area contributed by atoms with Gasteiger partial charge in [-0.15, -0.1) is 0 Å². The van der Waals surface area contributed by atoms with Gasteiger partial charge < -0.3 is 4.74 Å². The van der Waals surface area contributed by atoms with Crippen LogP contribution >= 0.6 is 0 Å². The van der Waals surface area contributed by atoms with Crippen LogP contribution in [0.15, 0.2) is 12.4 Å². The van der Waals surface area contributed by atoms with Crippen molar-refractivity contribution in [2.75, 3.05) is 6.61 Å². The molecule has 13 heavy (non-hydrogen) atoms. The molecule has 0 aliphatic carbocycles. The first kappa shape index (κ1) is 9.75. The fourth-order valence-electron chi connectivity index (χ4n) is 1.10. The largest absolute Gasteiger partial charge is 0.369 e. The van der Waals surface area contributed by atoms with Gasteiger partial charge in [-0.25, -0.2) is 9.55 Å². The maximum atomic E-state index is 8.43. The summed E-state index contributed by atoms with van der Waals surface area (Å²) in [7, 11) is 0. The highest BCUT2D eigenvalue weighted by Gasteiger charge is 2.08. The van der Waals surface area contributed by atoms with E-state index in [2.05, 4.69) is 11.1 Å². The highest BCUT2D eigenvalue weighted by atomic mass is 16.5. The van der Waals surface area contributed by atoms with Crippen LogP contribution in [0.25, 0.3) is 0 Å². The van der Waals surface area contributed by atoms with Crippen molar-refractivity contribution in [1.82, 2.24) is 4.98 Å². The van der Waals surface area contributed by atoms with E-state index in [-0.39, 0.29) is 0 Å². The van der Waals surface area contributed by atoms with Crippen molar-refractivity contribution in [1.29, 1.82) is 5.26 Å². The molecule has 0 unspecified atom stereocenters. The Hall–Kier alpha value is -1.34. The molecule has 0 fully saturated rings. The van der Waals surface area contributed by atoms with Crippen molar-refractivity contribution in [3.05, 3.63) is 18.2 Å². The van der Waals surface area contributed by atoms with E-state index in [0.717, 1.165) is 12.4 Å². The molecule has 0 aromatic carbocycles. The highest BCUT2D eigenvalue weighted by molar-refractivity contribution is 4.75. The molecular weight excluding hydrogens is 166 g/mol. The molecule has 0 spiro atoms. The molecule has 0 saturated carbocycles. The number of ether oxygens (including phenoxy) is 1. The van der Waals surface area contributed by atoms with Gasteiger partial charge in [0.15, 0.2) is 0 Å². The third-order valence-electron chi connectivity index (χ3n) is 1.76. The number of hydrogen-bond acceptors (Lipinski definition) is 2. The molecule has 70 valence electrons. The van der Waals surface area contributed by atoms with Crippen molar-refractivity contribution in [2.24, 2.45) is 0 Å². The number of nitriles is 1. The van der Waals surface area contributed by atoms with Gasteiger partial charge in [0.1, 0.15) is 25.5 Å². The van der Waals surface area contributed by atoms with Gasteiger partial charge in [0.2, 0.25) is 0 Å². The van der Waals surface area contributed by atoms with Gasteiger partial charge in [0.05, 0.1) is 12.5 Å². The molecule has 0 radical (unpaired) electrons. The van der Waals surface area contributed by atoms with E-state index in [0.29, 0.717) is 19.6 Å². The van der Waals surface area contributed by atoms with E-state index in [4.69, 9.17) is 10.00 Å². The van der Waals surface area contributed by atoms with Crippen LogP contribution in [0.5, 0.6) is 0 Å².